The van der Waals surface area contributed by atoms with Gasteiger partial charge in [0.2, 0.25) is 5.91 Å². The zero-order chi connectivity index (χ0) is 25.0. The van der Waals surface area contributed by atoms with E-state index in [1.165, 1.54) is 22.8 Å². The van der Waals surface area contributed by atoms with E-state index in [1.807, 2.05) is 4.90 Å². The lowest BCUT2D eigenvalue weighted by molar-refractivity contribution is -0.163. The van der Waals surface area contributed by atoms with E-state index in [0.717, 1.165) is 11.8 Å². The van der Waals surface area contributed by atoms with Crippen LogP contribution in [0.1, 0.15) is 13.8 Å². The molecule has 4 aliphatic heterocycles. The second-order valence-electron chi connectivity index (χ2n) is 9.05. The Morgan fingerprint density at radius 3 is 2.60 bits per heavy atom. The molecule has 10 nitrogen and oxygen atoms in total. The maximum absolute atomic E-state index is 14.9. The third kappa shape index (κ3) is 3.93. The molecule has 3 fully saturated rings. The number of β-lactam (4-membered cyclic amide) rings is 1. The number of ether oxygens (including phenoxy) is 2. The Bertz CT molecular complexity index is 1110. The first kappa shape index (κ1) is 23.9. The summed E-state index contributed by atoms with van der Waals surface area (Å²) in [6, 6.07) is 4.11. The molecule has 1 aromatic carbocycles. The second kappa shape index (κ2) is 8.99. The number of aliphatic hydroxyl groups is 1. The van der Waals surface area contributed by atoms with Crippen LogP contribution in [0.5, 0.6) is 0 Å². The summed E-state index contributed by atoms with van der Waals surface area (Å²) in [6.45, 7) is 5.60. The summed E-state index contributed by atoms with van der Waals surface area (Å²) in [4.78, 5) is 41.9. The molecule has 0 bridgehead atoms. The molecule has 5 rings (SSSR count). The summed E-state index contributed by atoms with van der Waals surface area (Å²) in [5.41, 5.74) is -0.0963. The highest BCUT2D eigenvalue weighted by Gasteiger charge is 2.60. The van der Waals surface area contributed by atoms with E-state index < -0.39 is 47.3 Å². The molecule has 4 heterocycles. The van der Waals surface area contributed by atoms with Crippen molar-refractivity contribution in [1.29, 1.82) is 0 Å². The van der Waals surface area contributed by atoms with E-state index in [4.69, 9.17) is 9.47 Å². The van der Waals surface area contributed by atoms with Gasteiger partial charge in [0.1, 0.15) is 11.5 Å². The first-order valence-corrected chi connectivity index (χ1v) is 12.3. The number of anilines is 2. The van der Waals surface area contributed by atoms with E-state index in [2.05, 4.69) is 0 Å². The summed E-state index contributed by atoms with van der Waals surface area (Å²) >= 11 is 1.08. The summed E-state index contributed by atoms with van der Waals surface area (Å²) in [6.07, 6.45) is -1.56. The predicted molar refractivity (Wildman–Crippen MR) is 124 cm³/mol. The Kier molecular flexibility index (Phi) is 6.14. The number of aliphatic carboxylic acids is 1. The molecule has 3 saturated heterocycles. The van der Waals surface area contributed by atoms with Gasteiger partial charge in [0.05, 0.1) is 49.2 Å². The average molecular weight is 508 g/mol. The molecular formula is C23H26FN3O7S. The smallest absolute Gasteiger partial charge is 0.415 e. The average Bonchev–Trinajstić information content (AvgIpc) is 3.29. The van der Waals surface area contributed by atoms with Gasteiger partial charge in [-0.05, 0) is 25.1 Å². The molecule has 188 valence electrons. The Hall–Kier alpha value is -2.83. The highest BCUT2D eigenvalue weighted by molar-refractivity contribution is 8.03. The highest BCUT2D eigenvalue weighted by Crippen LogP contribution is 2.52. The van der Waals surface area contributed by atoms with Gasteiger partial charge in [-0.2, -0.15) is 0 Å². The number of nitrogens with zero attached hydrogens (tertiary/aromatic N) is 3. The third-order valence-electron chi connectivity index (χ3n) is 6.95. The van der Waals surface area contributed by atoms with Gasteiger partial charge in [-0.3, -0.25) is 9.69 Å². The number of amides is 2. The first-order chi connectivity index (χ1) is 16.7. The zero-order valence-electron chi connectivity index (χ0n) is 19.2. The van der Waals surface area contributed by atoms with Crippen LogP contribution in [-0.4, -0.2) is 83.5 Å². The van der Waals surface area contributed by atoms with Gasteiger partial charge >= 0.3 is 12.1 Å². The number of halogens is 1. The number of hydrogen-bond donors (Lipinski definition) is 2. The number of benzene rings is 1. The number of carbonyl (C=O) groups excluding carboxylic acids is 2. The normalized spacial score (nSPS) is 29.3. The molecule has 0 radical (unpaired) electrons. The Morgan fingerprint density at radius 2 is 1.97 bits per heavy atom. The van der Waals surface area contributed by atoms with Gasteiger partial charge < -0.3 is 29.5 Å². The quantitative estimate of drug-likeness (QED) is 0.556. The van der Waals surface area contributed by atoms with E-state index >= 15 is 0 Å². The standard InChI is InChI=1S/C23H26FN3O7S/c1-11-18-17(12(2)28)21(29)27(18)19(22(30)31)20(11)35-16-10-26(23(32)34-16)13-3-4-15(14(24)9-13)25-5-7-33-8-6-25/h3-4,9,11-12,16-18,28H,5-8,10H2,1-2H3,(H,30,31)/t11?,12?,16-,17?,18?/m1/s1. The van der Waals surface area contributed by atoms with Crippen LogP contribution in [0.3, 0.4) is 0 Å². The van der Waals surface area contributed by atoms with Crippen molar-refractivity contribution in [2.45, 2.75) is 31.4 Å². The van der Waals surface area contributed by atoms with Crippen molar-refractivity contribution < 1.29 is 38.5 Å². The lowest BCUT2D eigenvalue weighted by Crippen LogP contribution is -2.63. The van der Waals surface area contributed by atoms with Crippen LogP contribution in [0.15, 0.2) is 28.8 Å². The van der Waals surface area contributed by atoms with Crippen LogP contribution < -0.4 is 9.80 Å². The van der Waals surface area contributed by atoms with Crippen molar-refractivity contribution in [1.82, 2.24) is 4.90 Å². The van der Waals surface area contributed by atoms with Crippen LogP contribution in [0.2, 0.25) is 0 Å². The lowest BCUT2D eigenvalue weighted by Gasteiger charge is -2.46. The predicted octanol–water partition coefficient (Wildman–Crippen LogP) is 1.83. The molecule has 35 heavy (non-hydrogen) atoms. The minimum atomic E-state index is -1.25. The minimum absolute atomic E-state index is 0.0847. The summed E-state index contributed by atoms with van der Waals surface area (Å²) in [5, 5.41) is 19.8. The highest BCUT2D eigenvalue weighted by atomic mass is 32.2. The molecule has 5 atom stereocenters. The van der Waals surface area contributed by atoms with Gasteiger partial charge in [-0.25, -0.2) is 14.0 Å². The molecular weight excluding hydrogens is 481 g/mol. The number of morpholine rings is 1. The summed E-state index contributed by atoms with van der Waals surface area (Å²) in [5.74, 6) is -3.15. The summed E-state index contributed by atoms with van der Waals surface area (Å²) in [7, 11) is 0. The van der Waals surface area contributed by atoms with Crippen LogP contribution in [0, 0.1) is 17.7 Å². The molecule has 2 amide bonds. The fraction of sp³-hybridized carbons (Fsp3) is 0.522. The number of aliphatic hydroxyl groups excluding tert-OH is 1. The number of fused-ring (bicyclic) bond motifs is 1. The SMILES string of the molecule is CC(O)C1C(=O)N2C(C(=O)O)=C(S[C@@H]3CN(c4ccc(N5CCOCC5)c(F)c4)C(=O)O3)C(C)C12. The lowest BCUT2D eigenvalue weighted by atomic mass is 9.79. The number of carboxylic acid groups (broad SMARTS) is 1. The maximum atomic E-state index is 14.9. The molecule has 0 spiro atoms. The molecule has 2 N–H and O–H groups in total. The molecule has 0 aliphatic carbocycles. The van der Waals surface area contributed by atoms with Crippen molar-refractivity contribution in [3.8, 4) is 0 Å². The number of thioether (sulfide) groups is 1. The van der Waals surface area contributed by atoms with E-state index in [1.54, 1.807) is 19.1 Å². The number of carbonyl (C=O) groups is 3. The van der Waals surface area contributed by atoms with Crippen LogP contribution in [0.25, 0.3) is 0 Å². The van der Waals surface area contributed by atoms with Crippen LogP contribution in [0.4, 0.5) is 20.6 Å². The van der Waals surface area contributed by atoms with Crippen LogP contribution >= 0.6 is 11.8 Å². The molecule has 1 aromatic rings. The Morgan fingerprint density at radius 1 is 1.26 bits per heavy atom. The number of rotatable bonds is 6. The van der Waals surface area contributed by atoms with Crippen molar-refractivity contribution in [2.24, 2.45) is 11.8 Å². The number of carboxylic acids is 1. The van der Waals surface area contributed by atoms with Crippen LogP contribution in [-0.2, 0) is 19.1 Å². The van der Waals surface area contributed by atoms with Crippen molar-refractivity contribution in [2.75, 3.05) is 42.6 Å². The molecule has 0 saturated carbocycles. The van der Waals surface area contributed by atoms with Crippen molar-refractivity contribution in [3.63, 3.8) is 0 Å². The fourth-order valence-electron chi connectivity index (χ4n) is 5.25. The molecule has 4 unspecified atom stereocenters. The van der Waals surface area contributed by atoms with E-state index in [-0.39, 0.29) is 18.2 Å². The Balaban J connectivity index is 1.33. The zero-order valence-corrected chi connectivity index (χ0v) is 20.0. The maximum Gasteiger partial charge on any atom is 0.415 e. The van der Waals surface area contributed by atoms with Gasteiger partial charge in [-0.15, -0.1) is 0 Å². The fourth-order valence-corrected chi connectivity index (χ4v) is 6.54. The van der Waals surface area contributed by atoms with Gasteiger partial charge in [0, 0.05) is 23.9 Å². The largest absolute Gasteiger partial charge is 0.477 e. The second-order valence-corrected chi connectivity index (χ2v) is 10.3. The topological polar surface area (TPSA) is 120 Å². The third-order valence-corrected chi connectivity index (χ3v) is 8.28. The van der Waals surface area contributed by atoms with E-state index in [9.17, 15) is 29.0 Å². The monoisotopic (exact) mass is 507 g/mol. The van der Waals surface area contributed by atoms with Crippen molar-refractivity contribution in [3.05, 3.63) is 34.6 Å². The Labute approximate surface area is 205 Å². The van der Waals surface area contributed by atoms with Crippen molar-refractivity contribution >= 4 is 41.1 Å². The first-order valence-electron chi connectivity index (χ1n) is 11.4. The molecule has 4 aliphatic rings. The van der Waals surface area contributed by atoms with E-state index in [0.29, 0.717) is 42.6 Å². The minimum Gasteiger partial charge on any atom is -0.477 e. The van der Waals surface area contributed by atoms with Gasteiger partial charge in [0.25, 0.3) is 0 Å². The summed E-state index contributed by atoms with van der Waals surface area (Å²) < 4.78 is 25.6. The van der Waals surface area contributed by atoms with Gasteiger partial charge in [-0.1, -0.05) is 18.7 Å². The molecule has 12 heteroatoms. The molecule has 0 aromatic heterocycles. The number of hydrogen-bond acceptors (Lipinski definition) is 8. The number of cyclic esters (lactones) is 1. The van der Waals surface area contributed by atoms with Gasteiger partial charge in [0.15, 0.2) is 5.44 Å².